The molecule has 0 unspecified atom stereocenters. The van der Waals surface area contributed by atoms with E-state index in [9.17, 15) is 13.2 Å². The van der Waals surface area contributed by atoms with Gasteiger partial charge in [0, 0.05) is 11.1 Å². The predicted octanol–water partition coefficient (Wildman–Crippen LogP) is 5.41. The van der Waals surface area contributed by atoms with Crippen LogP contribution in [0.2, 0.25) is 5.02 Å². The monoisotopic (exact) mass is 334 g/mol. The van der Waals surface area contributed by atoms with Gasteiger partial charge in [-0.25, -0.2) is 0 Å². The fraction of sp³-hybridized carbons (Fsp3) is 0.500. The zero-order chi connectivity index (χ0) is 16.5. The van der Waals surface area contributed by atoms with E-state index in [1.807, 2.05) is 0 Å². The van der Waals surface area contributed by atoms with Crippen LogP contribution in [-0.4, -0.2) is 18.9 Å². The van der Waals surface area contributed by atoms with Crippen molar-refractivity contribution in [2.45, 2.75) is 39.5 Å². The Balaban J connectivity index is 2.28. The van der Waals surface area contributed by atoms with Crippen molar-refractivity contribution in [1.29, 1.82) is 0 Å². The lowest BCUT2D eigenvalue weighted by molar-refractivity contribution is -0.180. The lowest BCUT2D eigenvalue weighted by atomic mass is 10.0. The van der Waals surface area contributed by atoms with Crippen molar-refractivity contribution in [3.63, 3.8) is 0 Å². The van der Waals surface area contributed by atoms with Crippen LogP contribution < -0.4 is 9.47 Å². The molecule has 0 bridgehead atoms. The summed E-state index contributed by atoms with van der Waals surface area (Å²) in [6.45, 7) is 6.23. The van der Waals surface area contributed by atoms with Gasteiger partial charge in [0.2, 0.25) is 6.10 Å². The Morgan fingerprint density at radius 3 is 2.64 bits per heavy atom. The lowest BCUT2D eigenvalue weighted by Crippen LogP contribution is -2.34. The van der Waals surface area contributed by atoms with Gasteiger partial charge in [-0.15, -0.1) is 0 Å². The molecule has 2 nitrogen and oxygen atoms in total. The summed E-state index contributed by atoms with van der Waals surface area (Å²) in [4.78, 5) is 0. The van der Waals surface area contributed by atoms with Crippen molar-refractivity contribution in [2.75, 3.05) is 6.61 Å². The highest BCUT2D eigenvalue weighted by atomic mass is 35.5. The highest BCUT2D eigenvalue weighted by molar-refractivity contribution is 6.32. The smallest absolute Gasteiger partial charge is 0.429 e. The van der Waals surface area contributed by atoms with Gasteiger partial charge < -0.3 is 9.47 Å². The third kappa shape index (κ3) is 3.69. The second-order valence-corrected chi connectivity index (χ2v) is 6.11. The molecule has 0 aliphatic carbocycles. The van der Waals surface area contributed by atoms with Crippen LogP contribution in [0.25, 0.3) is 6.08 Å². The molecule has 1 aliphatic heterocycles. The molecule has 0 saturated carbocycles. The number of rotatable bonds is 4. The number of halogens is 4. The molecule has 0 amide bonds. The molecule has 22 heavy (non-hydrogen) atoms. The highest BCUT2D eigenvalue weighted by Gasteiger charge is 2.42. The molecule has 0 aromatic heterocycles. The number of hydrogen-bond donors (Lipinski definition) is 0. The van der Waals surface area contributed by atoms with Gasteiger partial charge in [0.15, 0.2) is 0 Å². The highest BCUT2D eigenvalue weighted by Crippen LogP contribution is 2.42. The van der Waals surface area contributed by atoms with Crippen molar-refractivity contribution in [3.8, 4) is 11.5 Å². The predicted molar refractivity (Wildman–Crippen MR) is 80.6 cm³/mol. The number of fused-ring (bicyclic) bond motifs is 1. The number of ether oxygens (including phenoxy) is 2. The first-order valence-electron chi connectivity index (χ1n) is 7.07. The zero-order valence-electron chi connectivity index (χ0n) is 12.6. The van der Waals surface area contributed by atoms with E-state index >= 15 is 0 Å². The Labute approximate surface area is 132 Å². The van der Waals surface area contributed by atoms with Gasteiger partial charge in [-0.2, -0.15) is 13.2 Å². The molecule has 6 heteroatoms. The molecular formula is C16H18ClF3O2. The first kappa shape index (κ1) is 17.0. The molecule has 1 atom stereocenters. The minimum absolute atomic E-state index is 0.175. The molecule has 1 aliphatic rings. The summed E-state index contributed by atoms with van der Waals surface area (Å²) < 4.78 is 49.2. The molecule has 0 fully saturated rings. The number of alkyl halides is 3. The Morgan fingerprint density at radius 1 is 1.36 bits per heavy atom. The van der Waals surface area contributed by atoms with Crippen molar-refractivity contribution in [2.24, 2.45) is 5.92 Å². The van der Waals surface area contributed by atoms with E-state index in [4.69, 9.17) is 21.1 Å². The van der Waals surface area contributed by atoms with E-state index in [1.165, 1.54) is 6.08 Å². The summed E-state index contributed by atoms with van der Waals surface area (Å²) in [7, 11) is 0. The first-order valence-corrected chi connectivity index (χ1v) is 7.45. The van der Waals surface area contributed by atoms with Crippen molar-refractivity contribution < 1.29 is 22.6 Å². The van der Waals surface area contributed by atoms with Gasteiger partial charge >= 0.3 is 6.18 Å². The summed E-state index contributed by atoms with van der Waals surface area (Å²) in [6.07, 6.45) is -3.19. The van der Waals surface area contributed by atoms with Crippen LogP contribution in [0, 0.1) is 12.8 Å². The molecule has 0 spiro atoms. The normalized spacial score (nSPS) is 17.4. The van der Waals surface area contributed by atoms with E-state index in [2.05, 4.69) is 13.8 Å². The molecular weight excluding hydrogens is 317 g/mol. The summed E-state index contributed by atoms with van der Waals surface area (Å²) in [5.41, 5.74) is 1.02. The maximum Gasteiger partial charge on any atom is 0.429 e. The van der Waals surface area contributed by atoms with Gasteiger partial charge in [-0.1, -0.05) is 31.5 Å². The average Bonchev–Trinajstić information content (AvgIpc) is 2.40. The van der Waals surface area contributed by atoms with E-state index in [0.29, 0.717) is 34.4 Å². The minimum atomic E-state index is -4.45. The second-order valence-electron chi connectivity index (χ2n) is 5.70. The molecule has 1 heterocycles. The van der Waals surface area contributed by atoms with Crippen LogP contribution in [0.4, 0.5) is 13.2 Å². The van der Waals surface area contributed by atoms with Gasteiger partial charge in [-0.3, -0.25) is 0 Å². The van der Waals surface area contributed by atoms with Gasteiger partial charge in [-0.05, 0) is 31.4 Å². The fourth-order valence-corrected chi connectivity index (χ4v) is 2.47. The van der Waals surface area contributed by atoms with Gasteiger partial charge in [0.25, 0.3) is 0 Å². The third-order valence-electron chi connectivity index (χ3n) is 3.40. The number of benzene rings is 1. The first-order chi connectivity index (χ1) is 10.2. The number of hydrogen-bond acceptors (Lipinski definition) is 2. The quantitative estimate of drug-likeness (QED) is 0.733. The SMILES string of the molecule is Cc1c(OCCC(C)C)c(Cl)cc2c1O[C@@H](C(F)(F)F)C=C2. The molecule has 1 aromatic rings. The van der Waals surface area contributed by atoms with E-state index in [0.717, 1.165) is 12.5 Å². The maximum absolute atomic E-state index is 12.8. The Kier molecular flexibility index (Phi) is 4.95. The summed E-state index contributed by atoms with van der Waals surface area (Å²) in [5.74, 6) is 1.02. The Hall–Kier alpha value is -1.36. The van der Waals surface area contributed by atoms with Crippen LogP contribution in [0.3, 0.4) is 0 Å². The molecule has 122 valence electrons. The van der Waals surface area contributed by atoms with Crippen LogP contribution in [0.1, 0.15) is 31.4 Å². The van der Waals surface area contributed by atoms with Crippen LogP contribution in [-0.2, 0) is 0 Å². The van der Waals surface area contributed by atoms with Gasteiger partial charge in [0.1, 0.15) is 11.5 Å². The molecule has 2 rings (SSSR count). The third-order valence-corrected chi connectivity index (χ3v) is 3.68. The molecule has 0 N–H and O–H groups in total. The molecule has 0 saturated heterocycles. The maximum atomic E-state index is 12.8. The second kappa shape index (κ2) is 6.41. The van der Waals surface area contributed by atoms with Crippen LogP contribution >= 0.6 is 11.6 Å². The summed E-state index contributed by atoms with van der Waals surface area (Å²) in [5, 5.41) is 0.374. The molecule has 0 radical (unpaired) electrons. The van der Waals surface area contributed by atoms with E-state index in [-0.39, 0.29) is 5.75 Å². The van der Waals surface area contributed by atoms with Crippen LogP contribution in [0.5, 0.6) is 11.5 Å². The topological polar surface area (TPSA) is 18.5 Å². The minimum Gasteiger partial charge on any atom is -0.492 e. The van der Waals surface area contributed by atoms with Crippen molar-refractivity contribution in [1.82, 2.24) is 0 Å². The lowest BCUT2D eigenvalue weighted by Gasteiger charge is -2.26. The fourth-order valence-electron chi connectivity index (χ4n) is 2.15. The average molecular weight is 335 g/mol. The zero-order valence-corrected chi connectivity index (χ0v) is 13.4. The van der Waals surface area contributed by atoms with Crippen molar-refractivity contribution >= 4 is 17.7 Å². The summed E-state index contributed by atoms with van der Waals surface area (Å²) >= 11 is 6.17. The van der Waals surface area contributed by atoms with E-state index in [1.54, 1.807) is 13.0 Å². The van der Waals surface area contributed by atoms with Crippen molar-refractivity contribution in [3.05, 3.63) is 28.3 Å². The largest absolute Gasteiger partial charge is 0.492 e. The Morgan fingerprint density at radius 2 is 2.05 bits per heavy atom. The Bertz CT molecular complexity index is 580. The van der Waals surface area contributed by atoms with Gasteiger partial charge in [0.05, 0.1) is 11.6 Å². The van der Waals surface area contributed by atoms with Crippen LogP contribution in [0.15, 0.2) is 12.1 Å². The van der Waals surface area contributed by atoms with E-state index < -0.39 is 12.3 Å². The summed E-state index contributed by atoms with van der Waals surface area (Å²) in [6, 6.07) is 1.57. The molecule has 1 aromatic carbocycles. The standard InChI is InChI=1S/C16H18ClF3O2/c1-9(2)6-7-21-15-10(3)14-11(8-12(15)17)4-5-13(22-14)16(18,19)20/h4-5,8-9,13H,6-7H2,1-3H3/t13-/m1/s1.